The second kappa shape index (κ2) is 5.18. The third-order valence-corrected chi connectivity index (χ3v) is 2.89. The number of rotatable bonds is 2. The zero-order chi connectivity index (χ0) is 14.0. The van der Waals surface area contributed by atoms with Gasteiger partial charge in [0.1, 0.15) is 11.5 Å². The monoisotopic (exact) mass is 258 g/mol. The minimum absolute atomic E-state index is 0.199. The van der Waals surface area contributed by atoms with Crippen molar-refractivity contribution in [3.8, 4) is 11.1 Å². The third kappa shape index (κ3) is 2.62. The Labute approximate surface area is 111 Å². The maximum absolute atomic E-state index is 14.1. The molecule has 1 amide bonds. The Kier molecular flexibility index (Phi) is 3.60. The van der Waals surface area contributed by atoms with E-state index >= 15 is 0 Å². The number of aryl methyl sites for hydroxylation is 1. The number of aromatic nitrogens is 1. The number of hydrogen-bond acceptors (Lipinski definition) is 2. The van der Waals surface area contributed by atoms with Crippen LogP contribution in [0.3, 0.4) is 0 Å². The van der Waals surface area contributed by atoms with Gasteiger partial charge in [0, 0.05) is 25.9 Å². The van der Waals surface area contributed by atoms with E-state index < -0.39 is 0 Å². The molecule has 19 heavy (non-hydrogen) atoms. The molecule has 0 atom stereocenters. The van der Waals surface area contributed by atoms with Gasteiger partial charge in [-0.05, 0) is 30.2 Å². The molecule has 98 valence electrons. The van der Waals surface area contributed by atoms with E-state index in [-0.39, 0.29) is 11.7 Å². The second-order valence-corrected chi connectivity index (χ2v) is 4.57. The molecule has 4 heteroatoms. The van der Waals surface area contributed by atoms with Crippen LogP contribution >= 0.6 is 0 Å². The second-order valence-electron chi connectivity index (χ2n) is 4.57. The van der Waals surface area contributed by atoms with Crippen LogP contribution in [0.5, 0.6) is 0 Å². The van der Waals surface area contributed by atoms with Gasteiger partial charge in [-0.15, -0.1) is 0 Å². The predicted molar refractivity (Wildman–Crippen MR) is 72.4 cm³/mol. The highest BCUT2D eigenvalue weighted by atomic mass is 19.1. The molecule has 2 aromatic rings. The summed E-state index contributed by atoms with van der Waals surface area (Å²) in [6, 6.07) is 8.51. The SMILES string of the molecule is Cc1cccc(-c2ccnc(C(=O)N(C)C)c2)c1F. The molecule has 2 rings (SSSR count). The van der Waals surface area contributed by atoms with Crippen molar-refractivity contribution in [2.75, 3.05) is 14.1 Å². The Morgan fingerprint density at radius 1 is 1.26 bits per heavy atom. The van der Waals surface area contributed by atoms with Crippen molar-refractivity contribution >= 4 is 5.91 Å². The van der Waals surface area contributed by atoms with Gasteiger partial charge in [0.15, 0.2) is 0 Å². The molecule has 0 spiro atoms. The average molecular weight is 258 g/mol. The summed E-state index contributed by atoms with van der Waals surface area (Å²) in [4.78, 5) is 17.3. The molecule has 0 aliphatic heterocycles. The van der Waals surface area contributed by atoms with Gasteiger partial charge in [0.2, 0.25) is 0 Å². The highest BCUT2D eigenvalue weighted by Gasteiger charge is 2.13. The van der Waals surface area contributed by atoms with Gasteiger partial charge in [-0.1, -0.05) is 18.2 Å². The molecule has 1 aromatic heterocycles. The summed E-state index contributed by atoms with van der Waals surface area (Å²) in [5, 5.41) is 0. The minimum Gasteiger partial charge on any atom is -0.343 e. The van der Waals surface area contributed by atoms with Crippen molar-refractivity contribution in [3.63, 3.8) is 0 Å². The summed E-state index contributed by atoms with van der Waals surface area (Å²) < 4.78 is 14.1. The summed E-state index contributed by atoms with van der Waals surface area (Å²) in [6.45, 7) is 1.71. The van der Waals surface area contributed by atoms with Crippen LogP contribution in [0.25, 0.3) is 11.1 Å². The van der Waals surface area contributed by atoms with Crippen molar-refractivity contribution in [2.45, 2.75) is 6.92 Å². The Morgan fingerprint density at radius 2 is 2.00 bits per heavy atom. The molecule has 0 N–H and O–H groups in total. The number of halogens is 1. The van der Waals surface area contributed by atoms with Crippen LogP contribution in [0.1, 0.15) is 16.1 Å². The summed E-state index contributed by atoms with van der Waals surface area (Å²) >= 11 is 0. The van der Waals surface area contributed by atoms with E-state index in [9.17, 15) is 9.18 Å². The fourth-order valence-electron chi connectivity index (χ4n) is 1.81. The van der Waals surface area contributed by atoms with Gasteiger partial charge in [-0.25, -0.2) is 4.39 Å². The first-order chi connectivity index (χ1) is 9.00. The summed E-state index contributed by atoms with van der Waals surface area (Å²) in [6.07, 6.45) is 1.52. The van der Waals surface area contributed by atoms with Crippen LogP contribution in [-0.2, 0) is 0 Å². The van der Waals surface area contributed by atoms with Crippen LogP contribution < -0.4 is 0 Å². The van der Waals surface area contributed by atoms with Crippen LogP contribution in [0.15, 0.2) is 36.5 Å². The van der Waals surface area contributed by atoms with E-state index in [0.29, 0.717) is 22.4 Å². The van der Waals surface area contributed by atoms with E-state index in [1.54, 1.807) is 51.4 Å². The summed E-state index contributed by atoms with van der Waals surface area (Å²) in [7, 11) is 3.31. The maximum Gasteiger partial charge on any atom is 0.271 e. The van der Waals surface area contributed by atoms with Crippen molar-refractivity contribution in [3.05, 3.63) is 53.6 Å². The number of nitrogens with zero attached hydrogens (tertiary/aromatic N) is 2. The first-order valence-corrected chi connectivity index (χ1v) is 5.94. The smallest absolute Gasteiger partial charge is 0.271 e. The Hall–Kier alpha value is -2.23. The van der Waals surface area contributed by atoms with Gasteiger partial charge >= 0.3 is 0 Å². The van der Waals surface area contributed by atoms with Crippen molar-refractivity contribution in [1.29, 1.82) is 0 Å². The zero-order valence-corrected chi connectivity index (χ0v) is 11.1. The molecule has 1 aromatic carbocycles. The molecular weight excluding hydrogens is 243 g/mol. The molecule has 0 radical (unpaired) electrons. The maximum atomic E-state index is 14.1. The quantitative estimate of drug-likeness (QED) is 0.829. The van der Waals surface area contributed by atoms with Crippen LogP contribution in [-0.4, -0.2) is 29.9 Å². The molecule has 0 unspecified atom stereocenters. The van der Waals surface area contributed by atoms with Crippen LogP contribution in [0, 0.1) is 12.7 Å². The normalized spacial score (nSPS) is 10.3. The van der Waals surface area contributed by atoms with E-state index in [1.807, 2.05) is 0 Å². The first-order valence-electron chi connectivity index (χ1n) is 5.94. The Morgan fingerprint density at radius 3 is 2.68 bits per heavy atom. The highest BCUT2D eigenvalue weighted by molar-refractivity contribution is 5.93. The Balaban J connectivity index is 2.49. The molecule has 3 nitrogen and oxygen atoms in total. The lowest BCUT2D eigenvalue weighted by Gasteiger charge is -2.11. The predicted octanol–water partition coefficient (Wildman–Crippen LogP) is 2.90. The first kappa shape index (κ1) is 13.2. The lowest BCUT2D eigenvalue weighted by Crippen LogP contribution is -2.22. The molecule has 1 heterocycles. The highest BCUT2D eigenvalue weighted by Crippen LogP contribution is 2.24. The fourth-order valence-corrected chi connectivity index (χ4v) is 1.81. The molecular formula is C15H15FN2O. The number of amides is 1. The van der Waals surface area contributed by atoms with Crippen LogP contribution in [0.4, 0.5) is 4.39 Å². The van der Waals surface area contributed by atoms with Gasteiger partial charge in [0.05, 0.1) is 0 Å². The topological polar surface area (TPSA) is 33.2 Å². The van der Waals surface area contributed by atoms with Gasteiger partial charge in [-0.3, -0.25) is 9.78 Å². The zero-order valence-electron chi connectivity index (χ0n) is 11.1. The van der Waals surface area contributed by atoms with Crippen LogP contribution in [0.2, 0.25) is 0 Å². The molecule has 0 saturated carbocycles. The van der Waals surface area contributed by atoms with Crippen molar-refractivity contribution < 1.29 is 9.18 Å². The molecule has 0 fully saturated rings. The number of benzene rings is 1. The fraction of sp³-hybridized carbons (Fsp3) is 0.200. The third-order valence-electron chi connectivity index (χ3n) is 2.89. The van der Waals surface area contributed by atoms with E-state index in [2.05, 4.69) is 4.98 Å². The van der Waals surface area contributed by atoms with Gasteiger partial charge < -0.3 is 4.90 Å². The molecule has 0 aliphatic rings. The molecule has 0 bridgehead atoms. The minimum atomic E-state index is -0.267. The summed E-state index contributed by atoms with van der Waals surface area (Å²) in [5.41, 5.74) is 2.02. The Bertz CT molecular complexity index is 623. The molecule has 0 aliphatic carbocycles. The van der Waals surface area contributed by atoms with E-state index in [1.165, 1.54) is 11.1 Å². The standard InChI is InChI=1S/C15H15FN2O/c1-10-5-4-6-12(14(10)16)11-7-8-17-13(9-11)15(19)18(2)3/h4-9H,1-3H3. The molecule has 0 saturated heterocycles. The lowest BCUT2D eigenvalue weighted by atomic mass is 10.0. The number of pyridine rings is 1. The lowest BCUT2D eigenvalue weighted by molar-refractivity contribution is 0.0822. The van der Waals surface area contributed by atoms with Gasteiger partial charge in [-0.2, -0.15) is 0 Å². The number of carbonyl (C=O) groups is 1. The van der Waals surface area contributed by atoms with Crippen molar-refractivity contribution in [1.82, 2.24) is 9.88 Å². The van der Waals surface area contributed by atoms with Crippen molar-refractivity contribution in [2.24, 2.45) is 0 Å². The largest absolute Gasteiger partial charge is 0.343 e. The van der Waals surface area contributed by atoms with E-state index in [4.69, 9.17) is 0 Å². The van der Waals surface area contributed by atoms with Gasteiger partial charge in [0.25, 0.3) is 5.91 Å². The average Bonchev–Trinajstić information content (AvgIpc) is 2.41. The summed E-state index contributed by atoms with van der Waals surface area (Å²) in [5.74, 6) is -0.466. The number of carbonyl (C=O) groups excluding carboxylic acids is 1. The van der Waals surface area contributed by atoms with E-state index in [0.717, 1.165) is 0 Å². The number of hydrogen-bond donors (Lipinski definition) is 0.